The van der Waals surface area contributed by atoms with Gasteiger partial charge in [-0.25, -0.2) is 8.42 Å². The molecule has 0 fully saturated rings. The first-order valence-corrected chi connectivity index (χ1v) is 11.1. The molecule has 0 saturated carbocycles. The number of hydrogen-bond acceptors (Lipinski definition) is 3. The number of sulfonamides is 1. The Morgan fingerprint density at radius 3 is 2.56 bits per heavy atom. The predicted molar refractivity (Wildman–Crippen MR) is 112 cm³/mol. The molecule has 1 atom stereocenters. The zero-order valence-electron chi connectivity index (χ0n) is 14.7. The average molecular weight is 494 g/mol. The van der Waals surface area contributed by atoms with Gasteiger partial charge in [0.2, 0.25) is 15.9 Å². The van der Waals surface area contributed by atoms with Crippen LogP contribution in [-0.4, -0.2) is 31.7 Å². The Bertz CT molecular complexity index is 938. The van der Waals surface area contributed by atoms with E-state index < -0.39 is 15.9 Å². The van der Waals surface area contributed by atoms with Gasteiger partial charge in [-0.1, -0.05) is 58.2 Å². The lowest BCUT2D eigenvalue weighted by Gasteiger charge is -2.22. The fourth-order valence-electron chi connectivity index (χ4n) is 2.49. The van der Waals surface area contributed by atoms with Crippen molar-refractivity contribution in [3.63, 3.8) is 0 Å². The third-order valence-electron chi connectivity index (χ3n) is 3.91. The fraction of sp³-hybridized carbons (Fsp3) is 0.278. The molecule has 2 rings (SSSR count). The Kier molecular flexibility index (Phi) is 7.71. The van der Waals surface area contributed by atoms with Crippen molar-refractivity contribution in [3.05, 3.63) is 62.5 Å². The van der Waals surface area contributed by atoms with Crippen LogP contribution in [0.25, 0.3) is 0 Å². The highest BCUT2D eigenvalue weighted by atomic mass is 79.9. The van der Waals surface area contributed by atoms with Crippen LogP contribution >= 0.6 is 39.1 Å². The van der Waals surface area contributed by atoms with E-state index in [-0.39, 0.29) is 34.1 Å². The van der Waals surface area contributed by atoms with Gasteiger partial charge in [0.15, 0.2) is 0 Å². The highest BCUT2D eigenvalue weighted by Crippen LogP contribution is 2.27. The van der Waals surface area contributed by atoms with Crippen molar-refractivity contribution in [3.8, 4) is 0 Å². The Hall–Kier alpha value is -1.12. The van der Waals surface area contributed by atoms with Crippen LogP contribution in [0.4, 0.5) is 0 Å². The maximum absolute atomic E-state index is 12.9. The highest BCUT2D eigenvalue weighted by Gasteiger charge is 2.28. The van der Waals surface area contributed by atoms with Crippen LogP contribution in [0, 0.1) is 0 Å². The van der Waals surface area contributed by atoms with Gasteiger partial charge >= 0.3 is 0 Å². The van der Waals surface area contributed by atoms with Crippen LogP contribution in [0.1, 0.15) is 25.5 Å². The van der Waals surface area contributed by atoms with Gasteiger partial charge in [0, 0.05) is 16.0 Å². The molecule has 5 nitrogen and oxygen atoms in total. The molecule has 1 amide bonds. The molecule has 2 aromatic rings. The number of carbonyl (C=O) groups is 1. The minimum atomic E-state index is -3.96. The van der Waals surface area contributed by atoms with Crippen molar-refractivity contribution in [1.29, 1.82) is 0 Å². The molecule has 0 aliphatic rings. The number of nitrogens with one attached hydrogen (secondary N) is 1. The van der Waals surface area contributed by atoms with E-state index in [1.165, 1.54) is 18.2 Å². The molecule has 0 aliphatic carbocycles. The predicted octanol–water partition coefficient (Wildman–Crippen LogP) is 4.64. The maximum atomic E-state index is 12.9. The van der Waals surface area contributed by atoms with Gasteiger partial charge in [0.25, 0.3) is 0 Å². The fourth-order valence-corrected chi connectivity index (χ4v) is 5.05. The molecule has 0 bridgehead atoms. The normalized spacial score (nSPS) is 12.8. The summed E-state index contributed by atoms with van der Waals surface area (Å²) in [5.74, 6) is -0.411. The van der Waals surface area contributed by atoms with Gasteiger partial charge in [-0.15, -0.1) is 0 Å². The lowest BCUT2D eigenvalue weighted by molar-refractivity contribution is -0.121. The smallest absolute Gasteiger partial charge is 0.245 e. The zero-order valence-corrected chi connectivity index (χ0v) is 18.7. The zero-order chi connectivity index (χ0) is 20.2. The number of rotatable bonds is 7. The minimum absolute atomic E-state index is 0.0563. The quantitative estimate of drug-likeness (QED) is 0.610. The third kappa shape index (κ3) is 5.68. The maximum Gasteiger partial charge on any atom is 0.245 e. The molecule has 27 heavy (non-hydrogen) atoms. The lowest BCUT2D eigenvalue weighted by Crippen LogP contribution is -2.41. The van der Waals surface area contributed by atoms with Gasteiger partial charge in [-0.05, 0) is 42.8 Å². The summed E-state index contributed by atoms with van der Waals surface area (Å²) in [6.07, 6.45) is 0. The molecular weight excluding hydrogens is 475 g/mol. The van der Waals surface area contributed by atoms with Gasteiger partial charge < -0.3 is 5.32 Å². The topological polar surface area (TPSA) is 66.5 Å². The molecule has 2 aromatic carbocycles. The second kappa shape index (κ2) is 9.39. The van der Waals surface area contributed by atoms with E-state index in [0.717, 1.165) is 14.3 Å². The van der Waals surface area contributed by atoms with Crippen molar-refractivity contribution in [2.24, 2.45) is 0 Å². The summed E-state index contributed by atoms with van der Waals surface area (Å²) in [7, 11) is -3.96. The molecule has 0 aliphatic heterocycles. The largest absolute Gasteiger partial charge is 0.348 e. The molecule has 9 heteroatoms. The van der Waals surface area contributed by atoms with Crippen molar-refractivity contribution >= 4 is 55.1 Å². The molecule has 0 saturated heterocycles. The van der Waals surface area contributed by atoms with Crippen LogP contribution in [0.3, 0.4) is 0 Å². The average Bonchev–Trinajstić information content (AvgIpc) is 2.61. The first-order chi connectivity index (χ1) is 12.6. The van der Waals surface area contributed by atoms with Crippen LogP contribution in [0.2, 0.25) is 10.0 Å². The van der Waals surface area contributed by atoms with Crippen molar-refractivity contribution in [1.82, 2.24) is 9.62 Å². The van der Waals surface area contributed by atoms with Gasteiger partial charge in [-0.2, -0.15) is 4.31 Å². The van der Waals surface area contributed by atoms with Gasteiger partial charge in [0.1, 0.15) is 4.90 Å². The lowest BCUT2D eigenvalue weighted by atomic mass is 10.1. The second-order valence-corrected chi connectivity index (χ2v) is 9.52. The third-order valence-corrected chi connectivity index (χ3v) is 7.04. The minimum Gasteiger partial charge on any atom is -0.348 e. The van der Waals surface area contributed by atoms with E-state index >= 15 is 0 Å². The van der Waals surface area contributed by atoms with E-state index in [2.05, 4.69) is 21.2 Å². The standard InChI is InChI=1S/C18H19BrCl2N2O3S/c1-3-23(27(25,26)17-10-15(20)7-8-16(17)21)11-18(24)22-12(2)13-5-4-6-14(19)9-13/h4-10,12H,3,11H2,1-2H3,(H,22,24)/t12-/m1/s1. The molecule has 146 valence electrons. The summed E-state index contributed by atoms with van der Waals surface area (Å²) in [5, 5.41) is 3.12. The van der Waals surface area contributed by atoms with Gasteiger partial charge in [-0.3, -0.25) is 4.79 Å². The molecule has 1 N–H and O–H groups in total. The van der Waals surface area contributed by atoms with Crippen LogP contribution in [0.5, 0.6) is 0 Å². The monoisotopic (exact) mass is 492 g/mol. The Morgan fingerprint density at radius 2 is 1.93 bits per heavy atom. The summed E-state index contributed by atoms with van der Waals surface area (Å²) in [6, 6.07) is 11.5. The second-order valence-electron chi connectivity index (χ2n) is 5.85. The van der Waals surface area contributed by atoms with Crippen LogP contribution in [-0.2, 0) is 14.8 Å². The molecule has 0 spiro atoms. The molecule has 0 heterocycles. The Morgan fingerprint density at radius 1 is 1.22 bits per heavy atom. The SMILES string of the molecule is CCN(CC(=O)N[C@H](C)c1cccc(Br)c1)S(=O)(=O)c1cc(Cl)ccc1Cl. The summed E-state index contributed by atoms with van der Waals surface area (Å²) in [4.78, 5) is 12.3. The van der Waals surface area contributed by atoms with Crippen molar-refractivity contribution in [2.45, 2.75) is 24.8 Å². The van der Waals surface area contributed by atoms with Crippen LogP contribution in [0.15, 0.2) is 51.8 Å². The number of halogens is 3. The van der Waals surface area contributed by atoms with E-state index in [9.17, 15) is 13.2 Å². The van der Waals surface area contributed by atoms with E-state index in [1.54, 1.807) is 6.92 Å². The Labute approximate surface area is 177 Å². The van der Waals surface area contributed by atoms with Crippen molar-refractivity contribution in [2.75, 3.05) is 13.1 Å². The number of likely N-dealkylation sites (N-methyl/N-ethyl adjacent to an activating group) is 1. The number of carbonyl (C=O) groups excluding carboxylic acids is 1. The first-order valence-electron chi connectivity index (χ1n) is 8.15. The molecule has 0 unspecified atom stereocenters. The summed E-state index contributed by atoms with van der Waals surface area (Å²) in [6.45, 7) is 3.28. The van der Waals surface area contributed by atoms with Crippen molar-refractivity contribution < 1.29 is 13.2 Å². The Balaban J connectivity index is 2.15. The summed E-state index contributed by atoms with van der Waals surface area (Å²) < 4.78 is 27.7. The molecule has 0 aromatic heterocycles. The van der Waals surface area contributed by atoms with Gasteiger partial charge in [0.05, 0.1) is 17.6 Å². The number of benzene rings is 2. The van der Waals surface area contributed by atoms with E-state index in [0.29, 0.717) is 0 Å². The van der Waals surface area contributed by atoms with Crippen LogP contribution < -0.4 is 5.32 Å². The molecule has 0 radical (unpaired) electrons. The van der Waals surface area contributed by atoms with E-state index in [1.807, 2.05) is 31.2 Å². The summed E-state index contributed by atoms with van der Waals surface area (Å²) >= 11 is 15.3. The number of hydrogen-bond donors (Lipinski definition) is 1. The highest BCUT2D eigenvalue weighted by molar-refractivity contribution is 9.10. The summed E-state index contributed by atoms with van der Waals surface area (Å²) in [5.41, 5.74) is 0.904. The molecular formula is C18H19BrCl2N2O3S. The number of amides is 1. The van der Waals surface area contributed by atoms with E-state index in [4.69, 9.17) is 23.2 Å². The first kappa shape index (κ1) is 22.2. The number of nitrogens with zero attached hydrogens (tertiary/aromatic N) is 1.